The molecule has 2 heterocycles. The monoisotopic (exact) mass is 310 g/mol. The Hall–Kier alpha value is -2.07. The minimum atomic E-state index is 0.274. The van der Waals surface area contributed by atoms with Crippen molar-refractivity contribution in [3.8, 4) is 5.75 Å². The van der Waals surface area contributed by atoms with Crippen molar-refractivity contribution in [3.63, 3.8) is 0 Å². The lowest BCUT2D eigenvalue weighted by atomic mass is 10.0. The van der Waals surface area contributed by atoms with Crippen LogP contribution in [0.5, 0.6) is 5.75 Å². The summed E-state index contributed by atoms with van der Waals surface area (Å²) in [6.07, 6.45) is 2.02. The smallest absolute Gasteiger partial charge is 0.184 e. The Morgan fingerprint density at radius 3 is 3.09 bits per heavy atom. The van der Waals surface area contributed by atoms with Crippen molar-refractivity contribution in [3.05, 3.63) is 53.6 Å². The van der Waals surface area contributed by atoms with Crippen molar-refractivity contribution >= 4 is 26.7 Å². The molecule has 0 radical (unpaired) electrons. The number of nitrogens with zero attached hydrogens (tertiary/aromatic N) is 1. The number of rotatable bonds is 3. The fourth-order valence-corrected chi connectivity index (χ4v) is 3.87. The van der Waals surface area contributed by atoms with E-state index in [2.05, 4.69) is 42.6 Å². The predicted octanol–water partition coefficient (Wildman–Crippen LogP) is 4.79. The van der Waals surface area contributed by atoms with Gasteiger partial charge in [0.15, 0.2) is 5.13 Å². The summed E-state index contributed by atoms with van der Waals surface area (Å²) in [6.45, 7) is 2.93. The van der Waals surface area contributed by atoms with Gasteiger partial charge in [0.2, 0.25) is 0 Å². The van der Waals surface area contributed by atoms with Crippen LogP contribution in [0.4, 0.5) is 5.13 Å². The first kappa shape index (κ1) is 13.6. The second kappa shape index (κ2) is 5.61. The van der Waals surface area contributed by atoms with E-state index in [-0.39, 0.29) is 6.04 Å². The normalized spacial score (nSPS) is 17.0. The number of nitrogens with one attached hydrogen (secondary N) is 1. The lowest BCUT2D eigenvalue weighted by molar-refractivity contribution is 0.274. The molecular formula is C18H18N2OS. The van der Waals surface area contributed by atoms with E-state index in [1.165, 1.54) is 15.8 Å². The first-order valence-corrected chi connectivity index (χ1v) is 8.53. The second-order valence-corrected chi connectivity index (χ2v) is 6.58. The molecule has 1 unspecified atom stereocenters. The zero-order chi connectivity index (χ0) is 14.9. The number of thiazole rings is 1. The fourth-order valence-electron chi connectivity index (χ4n) is 2.89. The molecule has 112 valence electrons. The van der Waals surface area contributed by atoms with Crippen molar-refractivity contribution < 1.29 is 4.74 Å². The Morgan fingerprint density at radius 2 is 2.18 bits per heavy atom. The van der Waals surface area contributed by atoms with Crippen LogP contribution in [0.3, 0.4) is 0 Å². The molecule has 1 atom stereocenters. The van der Waals surface area contributed by atoms with Crippen LogP contribution < -0.4 is 10.1 Å². The van der Waals surface area contributed by atoms with Gasteiger partial charge < -0.3 is 10.1 Å². The molecule has 3 nitrogen and oxygen atoms in total. The number of para-hydroxylation sites is 1. The van der Waals surface area contributed by atoms with E-state index < -0.39 is 0 Å². The lowest BCUT2D eigenvalue weighted by Gasteiger charge is -2.26. The first-order chi connectivity index (χ1) is 10.8. The van der Waals surface area contributed by atoms with Crippen molar-refractivity contribution in [1.29, 1.82) is 0 Å². The standard InChI is InChI=1S/C18H18N2OS/c1-2-12-7-8-15-17(11-12)22-18(20-15)19-14-9-10-21-16-6-4-3-5-13(14)16/h3-8,11,14H,2,9-10H2,1H3,(H,19,20). The lowest BCUT2D eigenvalue weighted by Crippen LogP contribution is -2.20. The molecule has 1 aromatic heterocycles. The molecule has 0 bridgehead atoms. The zero-order valence-corrected chi connectivity index (χ0v) is 13.3. The van der Waals surface area contributed by atoms with Crippen LogP contribution in [0, 0.1) is 0 Å². The van der Waals surface area contributed by atoms with E-state index in [1.54, 1.807) is 11.3 Å². The van der Waals surface area contributed by atoms with Crippen LogP contribution in [0.15, 0.2) is 42.5 Å². The summed E-state index contributed by atoms with van der Waals surface area (Å²) in [4.78, 5) is 4.72. The Kier molecular flexibility index (Phi) is 3.47. The number of aromatic nitrogens is 1. The highest BCUT2D eigenvalue weighted by Crippen LogP contribution is 2.36. The summed E-state index contributed by atoms with van der Waals surface area (Å²) in [5, 5.41) is 4.58. The Bertz CT molecular complexity index is 812. The summed E-state index contributed by atoms with van der Waals surface area (Å²) in [5.41, 5.74) is 3.66. The molecule has 0 fully saturated rings. The first-order valence-electron chi connectivity index (χ1n) is 7.71. The van der Waals surface area contributed by atoms with E-state index in [4.69, 9.17) is 9.72 Å². The van der Waals surface area contributed by atoms with Crippen molar-refractivity contribution in [2.75, 3.05) is 11.9 Å². The zero-order valence-electron chi connectivity index (χ0n) is 12.5. The Balaban J connectivity index is 1.64. The maximum atomic E-state index is 5.72. The second-order valence-electron chi connectivity index (χ2n) is 5.55. The van der Waals surface area contributed by atoms with Gasteiger partial charge in [0.25, 0.3) is 0 Å². The number of benzene rings is 2. The van der Waals surface area contributed by atoms with Gasteiger partial charge in [-0.05, 0) is 30.2 Å². The highest BCUT2D eigenvalue weighted by atomic mass is 32.1. The van der Waals surface area contributed by atoms with Crippen LogP contribution in [-0.2, 0) is 6.42 Å². The van der Waals surface area contributed by atoms with E-state index in [0.717, 1.165) is 35.8 Å². The number of aryl methyl sites for hydroxylation is 1. The van der Waals surface area contributed by atoms with Gasteiger partial charge in [-0.1, -0.05) is 42.5 Å². The van der Waals surface area contributed by atoms with Crippen molar-refractivity contribution in [2.24, 2.45) is 0 Å². The molecule has 1 N–H and O–H groups in total. The topological polar surface area (TPSA) is 34.2 Å². The minimum Gasteiger partial charge on any atom is -0.493 e. The molecule has 22 heavy (non-hydrogen) atoms. The van der Waals surface area contributed by atoms with Crippen LogP contribution in [0.2, 0.25) is 0 Å². The molecule has 1 aliphatic heterocycles. The molecule has 4 rings (SSSR count). The maximum Gasteiger partial charge on any atom is 0.184 e. The average molecular weight is 310 g/mol. The van der Waals surface area contributed by atoms with Gasteiger partial charge in [0.1, 0.15) is 5.75 Å². The van der Waals surface area contributed by atoms with E-state index in [0.29, 0.717) is 0 Å². The molecule has 0 spiro atoms. The summed E-state index contributed by atoms with van der Waals surface area (Å²) in [6, 6.07) is 15.1. The van der Waals surface area contributed by atoms with Crippen molar-refractivity contribution in [2.45, 2.75) is 25.8 Å². The van der Waals surface area contributed by atoms with Gasteiger partial charge in [-0.15, -0.1) is 0 Å². The maximum absolute atomic E-state index is 5.72. The van der Waals surface area contributed by atoms with Gasteiger partial charge in [-0.3, -0.25) is 0 Å². The highest BCUT2D eigenvalue weighted by Gasteiger charge is 2.21. The van der Waals surface area contributed by atoms with Gasteiger partial charge in [0.05, 0.1) is 22.9 Å². The van der Waals surface area contributed by atoms with E-state index in [1.807, 2.05) is 12.1 Å². The number of hydrogen-bond acceptors (Lipinski definition) is 4. The minimum absolute atomic E-state index is 0.274. The van der Waals surface area contributed by atoms with Gasteiger partial charge >= 0.3 is 0 Å². The highest BCUT2D eigenvalue weighted by molar-refractivity contribution is 7.22. The number of hydrogen-bond donors (Lipinski definition) is 1. The molecule has 4 heteroatoms. The summed E-state index contributed by atoms with van der Waals surface area (Å²) in [7, 11) is 0. The third kappa shape index (κ3) is 2.44. The molecule has 0 saturated heterocycles. The number of fused-ring (bicyclic) bond motifs is 2. The summed E-state index contributed by atoms with van der Waals surface area (Å²) >= 11 is 1.73. The molecular weight excluding hydrogens is 292 g/mol. The quantitative estimate of drug-likeness (QED) is 0.755. The van der Waals surface area contributed by atoms with Gasteiger partial charge in [0, 0.05) is 12.0 Å². The molecule has 1 aliphatic rings. The third-order valence-corrected chi connectivity index (χ3v) is 5.07. The van der Waals surface area contributed by atoms with E-state index in [9.17, 15) is 0 Å². The third-order valence-electron chi connectivity index (χ3n) is 4.12. The van der Waals surface area contributed by atoms with Crippen LogP contribution in [0.25, 0.3) is 10.2 Å². The van der Waals surface area contributed by atoms with Crippen LogP contribution in [-0.4, -0.2) is 11.6 Å². The Labute approximate surface area is 134 Å². The van der Waals surface area contributed by atoms with Gasteiger partial charge in [-0.25, -0.2) is 4.98 Å². The average Bonchev–Trinajstić information content (AvgIpc) is 2.96. The summed E-state index contributed by atoms with van der Waals surface area (Å²) < 4.78 is 6.98. The SMILES string of the molecule is CCc1ccc2nc(NC3CCOc4ccccc43)sc2c1. The number of ether oxygens (including phenoxy) is 1. The van der Waals surface area contributed by atoms with Crippen LogP contribution >= 0.6 is 11.3 Å². The van der Waals surface area contributed by atoms with Gasteiger partial charge in [-0.2, -0.15) is 0 Å². The number of anilines is 1. The molecule has 3 aromatic rings. The molecule has 2 aromatic carbocycles. The van der Waals surface area contributed by atoms with E-state index >= 15 is 0 Å². The Morgan fingerprint density at radius 1 is 1.27 bits per heavy atom. The fraction of sp³-hybridized carbons (Fsp3) is 0.278. The van der Waals surface area contributed by atoms with Crippen LogP contribution in [0.1, 0.15) is 30.5 Å². The largest absolute Gasteiger partial charge is 0.493 e. The molecule has 0 amide bonds. The molecule has 0 aliphatic carbocycles. The van der Waals surface area contributed by atoms with Crippen molar-refractivity contribution in [1.82, 2.24) is 4.98 Å². The molecule has 0 saturated carbocycles. The summed E-state index contributed by atoms with van der Waals surface area (Å²) in [5.74, 6) is 0.987. The predicted molar refractivity (Wildman–Crippen MR) is 91.9 cm³/mol.